The molecular formula is C35H42Cl2N2O8. The van der Waals surface area contributed by atoms with Crippen LogP contribution in [0.2, 0.25) is 10.0 Å². The van der Waals surface area contributed by atoms with Crippen molar-refractivity contribution in [1.82, 2.24) is 9.88 Å². The Morgan fingerprint density at radius 2 is 1.66 bits per heavy atom. The predicted octanol–water partition coefficient (Wildman–Crippen LogP) is 4.02. The van der Waals surface area contributed by atoms with Gasteiger partial charge in [-0.25, -0.2) is 0 Å². The Kier molecular flexibility index (Phi) is 12.1. The highest BCUT2D eigenvalue weighted by Gasteiger charge is 2.48. The lowest BCUT2D eigenvalue weighted by Crippen LogP contribution is -2.49. The summed E-state index contributed by atoms with van der Waals surface area (Å²) in [5, 5.41) is 49.5. The van der Waals surface area contributed by atoms with Crippen molar-refractivity contribution >= 4 is 29.6 Å². The molecule has 254 valence electrons. The largest absolute Gasteiger partial charge is 0.490 e. The van der Waals surface area contributed by atoms with Crippen LogP contribution < -0.4 is 4.74 Å². The van der Waals surface area contributed by atoms with E-state index in [2.05, 4.69) is 11.1 Å². The summed E-state index contributed by atoms with van der Waals surface area (Å²) in [7, 11) is 0. The van der Waals surface area contributed by atoms with Gasteiger partial charge in [-0.2, -0.15) is 0 Å². The summed E-state index contributed by atoms with van der Waals surface area (Å²) >= 11 is 13.4. The first-order chi connectivity index (χ1) is 22.7. The Hall–Kier alpha value is -2.80. The molecule has 2 aliphatic rings. The number of hydrogen-bond acceptors (Lipinski definition) is 9. The van der Waals surface area contributed by atoms with Crippen molar-refractivity contribution in [2.24, 2.45) is 0 Å². The number of carbonyl (C=O) groups excluding carboxylic acids is 1. The molecule has 0 unspecified atom stereocenters. The van der Waals surface area contributed by atoms with Crippen molar-refractivity contribution in [2.75, 3.05) is 19.7 Å². The zero-order chi connectivity index (χ0) is 33.6. The maximum Gasteiger partial charge on any atom is 0.209 e. The molecule has 0 spiro atoms. The first-order valence-electron chi connectivity index (χ1n) is 16.0. The molecule has 5 rings (SSSR count). The van der Waals surface area contributed by atoms with Crippen molar-refractivity contribution < 1.29 is 39.8 Å². The van der Waals surface area contributed by atoms with E-state index in [-0.39, 0.29) is 19.3 Å². The molecule has 0 saturated heterocycles. The molecule has 2 aromatic carbocycles. The minimum atomic E-state index is -1.75. The van der Waals surface area contributed by atoms with Crippen LogP contribution in [0.15, 0.2) is 54.9 Å². The lowest BCUT2D eigenvalue weighted by atomic mass is 9.96. The maximum absolute atomic E-state index is 11.5. The fraction of sp³-hybridized carbons (Fsp3) is 0.486. The first kappa shape index (κ1) is 35.5. The van der Waals surface area contributed by atoms with Crippen LogP contribution in [-0.4, -0.2) is 92.0 Å². The number of pyridine rings is 1. The van der Waals surface area contributed by atoms with Crippen LogP contribution in [0, 0.1) is 0 Å². The smallest absolute Gasteiger partial charge is 0.209 e. The normalized spacial score (nSPS) is 17.9. The zero-order valence-electron chi connectivity index (χ0n) is 26.0. The number of halogens is 2. The predicted molar refractivity (Wildman–Crippen MR) is 177 cm³/mol. The Bertz CT molecular complexity index is 1500. The third kappa shape index (κ3) is 9.01. The van der Waals surface area contributed by atoms with Crippen LogP contribution in [0.5, 0.6) is 5.75 Å². The lowest BCUT2D eigenvalue weighted by Gasteiger charge is -2.28. The molecule has 0 bridgehead atoms. The van der Waals surface area contributed by atoms with E-state index >= 15 is 0 Å². The van der Waals surface area contributed by atoms with Crippen molar-refractivity contribution in [3.05, 3.63) is 81.6 Å². The first-order valence-corrected chi connectivity index (χ1v) is 16.7. The summed E-state index contributed by atoms with van der Waals surface area (Å²) in [6.07, 6.45) is 3.63. The number of amides is 1. The van der Waals surface area contributed by atoms with Crippen molar-refractivity contribution in [2.45, 2.75) is 87.7 Å². The fourth-order valence-corrected chi connectivity index (χ4v) is 6.15. The Labute approximate surface area is 284 Å². The van der Waals surface area contributed by atoms with Crippen molar-refractivity contribution in [3.8, 4) is 16.9 Å². The summed E-state index contributed by atoms with van der Waals surface area (Å²) in [6.45, 7) is -0.454. The number of benzene rings is 2. The van der Waals surface area contributed by atoms with Gasteiger partial charge in [0.2, 0.25) is 6.41 Å². The van der Waals surface area contributed by atoms with Gasteiger partial charge in [-0.3, -0.25) is 9.78 Å². The molecule has 1 aromatic heterocycles. The van der Waals surface area contributed by atoms with Gasteiger partial charge in [0.15, 0.2) is 0 Å². The molecule has 12 heteroatoms. The van der Waals surface area contributed by atoms with Gasteiger partial charge < -0.3 is 39.9 Å². The second kappa shape index (κ2) is 16.1. The number of aliphatic hydroxyl groups is 5. The molecule has 1 heterocycles. The molecule has 0 radical (unpaired) electrons. The highest BCUT2D eigenvalue weighted by molar-refractivity contribution is 6.34. The number of carbonyl (C=O) groups is 1. The molecule has 5 N–H and O–H groups in total. The lowest BCUT2D eigenvalue weighted by molar-refractivity contribution is -0.130. The number of aryl methyl sites for hydroxylation is 1. The third-order valence-electron chi connectivity index (χ3n) is 8.77. The molecular weight excluding hydrogens is 647 g/mol. The molecule has 2 saturated carbocycles. The number of ether oxygens (including phenoxy) is 2. The SMILES string of the molecule is O=CN(CCCCc1cc(Cl)c(COC2(c3cnccc3-c3ccccc3OC3CC3)CC2)cc1Cl)C[C@H](O)[C@@H](O)[C@H](O)[C@H](O)CO. The minimum Gasteiger partial charge on any atom is -0.490 e. The van der Waals surface area contributed by atoms with Crippen LogP contribution in [-0.2, 0) is 28.2 Å². The van der Waals surface area contributed by atoms with Gasteiger partial charge in [0.05, 0.1) is 24.9 Å². The highest BCUT2D eigenvalue weighted by atomic mass is 35.5. The van der Waals surface area contributed by atoms with Crippen LogP contribution >= 0.6 is 23.2 Å². The zero-order valence-corrected chi connectivity index (χ0v) is 27.6. The standard InChI is InChI=1S/C35H42Cl2N2O8/c36-28-16-23(29(37)15-22(28)5-3-4-14-39(21-41)18-30(42)33(44)34(45)31(43)19-40)20-46-35(11-12-35)27-17-38-13-10-25(27)26-6-1-2-7-32(26)47-24-8-9-24/h1-2,6-7,10,13,15-17,21,24,30-31,33-34,40,42-45H,3-5,8-9,11-12,14,18-20H2/t30-,31+,33+,34+/m0/s1. The van der Waals surface area contributed by atoms with Crippen LogP contribution in [0.1, 0.15) is 55.2 Å². The van der Waals surface area contributed by atoms with Gasteiger partial charge in [-0.15, -0.1) is 0 Å². The van der Waals surface area contributed by atoms with E-state index < -0.39 is 36.6 Å². The topological polar surface area (TPSA) is 153 Å². The van der Waals surface area contributed by atoms with Crippen LogP contribution in [0.3, 0.4) is 0 Å². The number of para-hydroxylation sites is 1. The molecule has 2 aliphatic carbocycles. The molecule has 10 nitrogen and oxygen atoms in total. The van der Waals surface area contributed by atoms with E-state index in [1.54, 1.807) is 6.20 Å². The Balaban J connectivity index is 1.16. The van der Waals surface area contributed by atoms with E-state index in [0.717, 1.165) is 59.3 Å². The average molecular weight is 690 g/mol. The van der Waals surface area contributed by atoms with Crippen molar-refractivity contribution in [1.29, 1.82) is 0 Å². The summed E-state index contributed by atoms with van der Waals surface area (Å²) < 4.78 is 12.8. The van der Waals surface area contributed by atoms with E-state index in [4.69, 9.17) is 37.8 Å². The molecule has 47 heavy (non-hydrogen) atoms. The fourth-order valence-electron chi connectivity index (χ4n) is 5.63. The van der Waals surface area contributed by atoms with Gasteiger partial charge >= 0.3 is 0 Å². The number of rotatable bonds is 19. The Morgan fingerprint density at radius 1 is 0.957 bits per heavy atom. The third-order valence-corrected chi connectivity index (χ3v) is 9.47. The quantitative estimate of drug-likeness (QED) is 0.0929. The molecule has 3 aromatic rings. The van der Waals surface area contributed by atoms with E-state index in [0.29, 0.717) is 42.3 Å². The van der Waals surface area contributed by atoms with E-state index in [1.165, 1.54) is 4.90 Å². The number of aliphatic hydroxyl groups excluding tert-OH is 5. The number of nitrogens with zero attached hydrogens (tertiary/aromatic N) is 2. The second-order valence-corrected chi connectivity index (χ2v) is 13.2. The highest BCUT2D eigenvalue weighted by Crippen LogP contribution is 2.53. The van der Waals surface area contributed by atoms with E-state index in [1.807, 2.05) is 42.6 Å². The van der Waals surface area contributed by atoms with Gasteiger partial charge in [0.1, 0.15) is 30.2 Å². The molecule has 1 amide bonds. The van der Waals surface area contributed by atoms with Gasteiger partial charge in [-0.1, -0.05) is 41.4 Å². The monoisotopic (exact) mass is 688 g/mol. The number of hydrogen-bond donors (Lipinski definition) is 5. The second-order valence-electron chi connectivity index (χ2n) is 12.4. The maximum atomic E-state index is 11.5. The van der Waals surface area contributed by atoms with Crippen LogP contribution in [0.25, 0.3) is 11.1 Å². The molecule has 0 aliphatic heterocycles. The van der Waals surface area contributed by atoms with Gasteiger partial charge in [-0.05, 0) is 85.9 Å². The summed E-state index contributed by atoms with van der Waals surface area (Å²) in [6, 6.07) is 13.8. The molecule has 4 atom stereocenters. The number of aromatic nitrogens is 1. The van der Waals surface area contributed by atoms with Crippen LogP contribution in [0.4, 0.5) is 0 Å². The number of unbranched alkanes of at least 4 members (excludes halogenated alkanes) is 1. The van der Waals surface area contributed by atoms with E-state index in [9.17, 15) is 25.2 Å². The van der Waals surface area contributed by atoms with Gasteiger partial charge in [0, 0.05) is 46.7 Å². The minimum absolute atomic E-state index is 0.246. The average Bonchev–Trinajstić information content (AvgIpc) is 4.03. The summed E-state index contributed by atoms with van der Waals surface area (Å²) in [5.41, 5.74) is 4.26. The molecule has 2 fully saturated rings. The van der Waals surface area contributed by atoms with Gasteiger partial charge in [0.25, 0.3) is 0 Å². The summed E-state index contributed by atoms with van der Waals surface area (Å²) in [5.74, 6) is 0.869. The summed E-state index contributed by atoms with van der Waals surface area (Å²) in [4.78, 5) is 17.2. The van der Waals surface area contributed by atoms with Crippen molar-refractivity contribution in [3.63, 3.8) is 0 Å². The Morgan fingerprint density at radius 3 is 2.36 bits per heavy atom.